The van der Waals surface area contributed by atoms with Gasteiger partial charge in [-0.1, -0.05) is 34.5 Å². The average Bonchev–Trinajstić information content (AvgIpc) is 3.45. The van der Waals surface area contributed by atoms with Crippen LogP contribution >= 0.6 is 34.5 Å². The van der Waals surface area contributed by atoms with Crippen LogP contribution in [0.25, 0.3) is 33.7 Å². The summed E-state index contributed by atoms with van der Waals surface area (Å²) in [7, 11) is -3.77. The van der Waals surface area contributed by atoms with Gasteiger partial charge >= 0.3 is 0 Å². The Balaban J connectivity index is 1.48. The van der Waals surface area contributed by atoms with E-state index in [9.17, 15) is 13.2 Å². The summed E-state index contributed by atoms with van der Waals surface area (Å²) < 4.78 is 30.2. The molecule has 3 heterocycles. The Bertz CT molecular complexity index is 1740. The van der Waals surface area contributed by atoms with Gasteiger partial charge in [0.15, 0.2) is 5.82 Å². The zero-order valence-corrected chi connectivity index (χ0v) is 19.5. The first-order valence-electron chi connectivity index (χ1n) is 9.29. The van der Waals surface area contributed by atoms with Gasteiger partial charge in [0.2, 0.25) is 15.0 Å². The van der Waals surface area contributed by atoms with Gasteiger partial charge in [-0.05, 0) is 54.6 Å². The third kappa shape index (κ3) is 4.19. The summed E-state index contributed by atoms with van der Waals surface area (Å²) in [5.41, 5.74) is 0.900. The highest BCUT2D eigenvalue weighted by Crippen LogP contribution is 2.28. The van der Waals surface area contributed by atoms with Crippen LogP contribution in [0, 0.1) is 0 Å². The van der Waals surface area contributed by atoms with Crippen molar-refractivity contribution in [3.05, 3.63) is 85.3 Å². The number of primary sulfonamides is 1. The first kappa shape index (κ1) is 21.8. The van der Waals surface area contributed by atoms with Gasteiger partial charge in [0.05, 0.1) is 9.92 Å². The molecule has 0 saturated carbocycles. The molecule has 0 radical (unpaired) electrons. The second kappa shape index (κ2) is 8.08. The van der Waals surface area contributed by atoms with E-state index >= 15 is 0 Å². The third-order valence-electron chi connectivity index (χ3n) is 4.72. The minimum absolute atomic E-state index is 0.00859. The van der Waals surface area contributed by atoms with E-state index in [4.69, 9.17) is 32.8 Å². The van der Waals surface area contributed by atoms with Crippen molar-refractivity contribution in [2.24, 2.45) is 5.14 Å². The Morgan fingerprint density at radius 2 is 1.82 bits per heavy atom. The van der Waals surface area contributed by atoms with Crippen molar-refractivity contribution in [2.45, 2.75) is 4.90 Å². The van der Waals surface area contributed by atoms with Crippen LogP contribution in [0.1, 0.15) is 5.76 Å². The van der Waals surface area contributed by atoms with Gasteiger partial charge in [-0.2, -0.15) is 9.50 Å². The van der Waals surface area contributed by atoms with E-state index in [1.165, 1.54) is 16.6 Å². The summed E-state index contributed by atoms with van der Waals surface area (Å²) in [6, 6.07) is 14.4. The second-order valence-electron chi connectivity index (χ2n) is 6.94. The normalized spacial score (nSPS) is 12.6. The minimum atomic E-state index is -3.77. The molecule has 0 spiro atoms. The van der Waals surface area contributed by atoms with Gasteiger partial charge in [0.25, 0.3) is 5.56 Å². The fourth-order valence-electron chi connectivity index (χ4n) is 3.14. The van der Waals surface area contributed by atoms with Crippen LogP contribution in [0.2, 0.25) is 10.0 Å². The predicted molar refractivity (Wildman–Crippen MR) is 127 cm³/mol. The second-order valence-corrected chi connectivity index (χ2v) is 10.4. The van der Waals surface area contributed by atoms with Crippen molar-refractivity contribution in [2.75, 3.05) is 0 Å². The van der Waals surface area contributed by atoms with Crippen molar-refractivity contribution < 1.29 is 12.8 Å². The van der Waals surface area contributed by atoms with Crippen molar-refractivity contribution in [1.82, 2.24) is 14.6 Å². The summed E-state index contributed by atoms with van der Waals surface area (Å²) in [5.74, 6) is 1.28. The number of aromatic nitrogens is 3. The molecule has 0 amide bonds. The molecule has 0 fully saturated rings. The van der Waals surface area contributed by atoms with Crippen molar-refractivity contribution >= 4 is 55.6 Å². The summed E-state index contributed by atoms with van der Waals surface area (Å²) in [4.78, 5) is 17.6. The molecular weight excluding hydrogens is 507 g/mol. The number of nitrogens with two attached hydrogens (primary N) is 1. The molecular formula is C21H12Cl2N4O4S2. The van der Waals surface area contributed by atoms with E-state index in [0.717, 1.165) is 11.3 Å². The first-order chi connectivity index (χ1) is 15.7. The molecule has 5 rings (SSSR count). The molecule has 0 bridgehead atoms. The van der Waals surface area contributed by atoms with Gasteiger partial charge in [-0.25, -0.2) is 13.6 Å². The SMILES string of the molecule is NS(=O)(=O)c1ccc(-c2ccc(/C=c3\sc4nc(-c5ccc(Cl)cc5Cl)nn4c3=O)o2)cc1. The lowest BCUT2D eigenvalue weighted by Crippen LogP contribution is -2.23. The number of furan rings is 1. The number of nitrogens with zero attached hydrogens (tertiary/aromatic N) is 3. The largest absolute Gasteiger partial charge is 0.457 e. The van der Waals surface area contributed by atoms with Crippen LogP contribution in [0.3, 0.4) is 0 Å². The number of sulfonamides is 1. The zero-order valence-electron chi connectivity index (χ0n) is 16.4. The zero-order chi connectivity index (χ0) is 23.3. The van der Waals surface area contributed by atoms with Crippen molar-refractivity contribution in [3.63, 3.8) is 0 Å². The molecule has 0 aliphatic heterocycles. The predicted octanol–water partition coefficient (Wildman–Crippen LogP) is 3.58. The van der Waals surface area contributed by atoms with Crippen LogP contribution in [0.4, 0.5) is 0 Å². The van der Waals surface area contributed by atoms with E-state index < -0.39 is 10.0 Å². The smallest absolute Gasteiger partial charge is 0.291 e. The van der Waals surface area contributed by atoms with Gasteiger partial charge in [0.1, 0.15) is 16.1 Å². The van der Waals surface area contributed by atoms with Crippen LogP contribution in [-0.4, -0.2) is 23.0 Å². The highest BCUT2D eigenvalue weighted by atomic mass is 35.5. The molecule has 0 aliphatic carbocycles. The van der Waals surface area contributed by atoms with E-state index in [1.54, 1.807) is 48.5 Å². The summed E-state index contributed by atoms with van der Waals surface area (Å²) in [6.07, 6.45) is 1.60. The molecule has 2 aromatic carbocycles. The van der Waals surface area contributed by atoms with Crippen molar-refractivity contribution in [3.8, 4) is 22.7 Å². The molecule has 33 heavy (non-hydrogen) atoms. The van der Waals surface area contributed by atoms with Crippen LogP contribution in [0.15, 0.2) is 68.7 Å². The van der Waals surface area contributed by atoms with Gasteiger partial charge in [0, 0.05) is 22.2 Å². The summed E-state index contributed by atoms with van der Waals surface area (Å²) >= 11 is 13.3. The first-order valence-corrected chi connectivity index (χ1v) is 12.4. The van der Waals surface area contributed by atoms with E-state index in [1.807, 2.05) is 0 Å². The molecule has 12 heteroatoms. The molecule has 5 aromatic rings. The number of hydrogen-bond acceptors (Lipinski definition) is 7. The highest BCUT2D eigenvalue weighted by molar-refractivity contribution is 7.89. The maximum atomic E-state index is 12.8. The molecule has 166 valence electrons. The number of fused-ring (bicyclic) bond motifs is 1. The van der Waals surface area contributed by atoms with Crippen LogP contribution in [0.5, 0.6) is 0 Å². The minimum Gasteiger partial charge on any atom is -0.457 e. The molecule has 8 nitrogen and oxygen atoms in total. The highest BCUT2D eigenvalue weighted by Gasteiger charge is 2.15. The Morgan fingerprint density at radius 3 is 2.48 bits per heavy atom. The Kier molecular flexibility index (Phi) is 5.34. The Morgan fingerprint density at radius 1 is 1.06 bits per heavy atom. The third-order valence-corrected chi connectivity index (χ3v) is 7.16. The molecule has 0 atom stereocenters. The van der Waals surface area contributed by atoms with E-state index in [0.29, 0.717) is 48.0 Å². The van der Waals surface area contributed by atoms with Gasteiger partial charge in [-0.3, -0.25) is 4.79 Å². The Labute approximate surface area is 200 Å². The molecule has 0 saturated heterocycles. The maximum absolute atomic E-state index is 12.8. The Hall–Kier alpha value is -3.02. The lowest BCUT2D eigenvalue weighted by molar-refractivity contribution is 0.571. The summed E-state index contributed by atoms with van der Waals surface area (Å²) in [6.45, 7) is 0. The molecule has 2 N–H and O–H groups in total. The fraction of sp³-hybridized carbons (Fsp3) is 0. The van der Waals surface area contributed by atoms with Gasteiger partial charge < -0.3 is 4.42 Å². The lowest BCUT2D eigenvalue weighted by atomic mass is 10.2. The number of hydrogen-bond donors (Lipinski definition) is 1. The number of thiazole rings is 1. The quantitative estimate of drug-likeness (QED) is 0.388. The number of halogens is 2. The summed E-state index contributed by atoms with van der Waals surface area (Å²) in [5, 5.41) is 10.3. The average molecular weight is 519 g/mol. The lowest BCUT2D eigenvalue weighted by Gasteiger charge is -2.00. The standard InChI is InChI=1S/C21H12Cl2N4O4S2/c22-12-3-7-15(16(23)9-12)19-25-21-27(26-19)20(28)18(32-21)10-13-4-8-17(31-13)11-1-5-14(6-2-11)33(24,29)30/h1-10H,(H2,24,29,30)/b18-10-. The fourth-order valence-corrected chi connectivity index (χ4v) is 5.04. The molecule has 0 aliphatic rings. The molecule has 0 unspecified atom stereocenters. The maximum Gasteiger partial charge on any atom is 0.291 e. The van der Waals surface area contributed by atoms with E-state index in [2.05, 4.69) is 10.1 Å². The number of benzene rings is 2. The topological polar surface area (TPSA) is 121 Å². The van der Waals surface area contributed by atoms with Gasteiger partial charge in [-0.15, -0.1) is 5.10 Å². The molecule has 3 aromatic heterocycles. The monoisotopic (exact) mass is 518 g/mol. The van der Waals surface area contributed by atoms with E-state index in [-0.39, 0.29) is 10.5 Å². The van der Waals surface area contributed by atoms with Crippen molar-refractivity contribution in [1.29, 1.82) is 0 Å². The number of rotatable bonds is 4. The van der Waals surface area contributed by atoms with Crippen LogP contribution < -0.4 is 15.2 Å². The van der Waals surface area contributed by atoms with Crippen LogP contribution in [-0.2, 0) is 10.0 Å².